The Labute approximate surface area is 57.9 Å². The minimum Gasteiger partial charge on any atom is -0.481 e. The molecule has 0 amide bonds. The predicted octanol–water partition coefficient (Wildman–Crippen LogP) is 1.75. The second-order valence-corrected chi connectivity index (χ2v) is 2.21. The van der Waals surface area contributed by atoms with Crippen LogP contribution in [0.4, 0.5) is 8.78 Å². The molecule has 0 aromatic rings. The van der Waals surface area contributed by atoms with Gasteiger partial charge in [0.2, 0.25) is 6.43 Å². The lowest BCUT2D eigenvalue weighted by atomic mass is 10.1. The average Bonchev–Trinajstić information content (AvgIpc) is 1.82. The van der Waals surface area contributed by atoms with E-state index in [2.05, 4.69) is 0 Å². The lowest BCUT2D eigenvalue weighted by Crippen LogP contribution is -2.10. The molecule has 0 aromatic heterocycles. The van der Waals surface area contributed by atoms with Crippen molar-refractivity contribution in [3.8, 4) is 0 Å². The largest absolute Gasteiger partial charge is 0.481 e. The van der Waals surface area contributed by atoms with Gasteiger partial charge in [-0.1, -0.05) is 6.92 Å². The van der Waals surface area contributed by atoms with Gasteiger partial charge in [0.05, 0.1) is 5.92 Å². The molecule has 1 atom stereocenters. The predicted molar refractivity (Wildman–Crippen MR) is 32.0 cm³/mol. The number of halogens is 2. The van der Waals surface area contributed by atoms with E-state index < -0.39 is 18.3 Å². The first kappa shape index (κ1) is 9.33. The molecule has 0 aliphatic carbocycles. The Morgan fingerprint density at radius 3 is 2.30 bits per heavy atom. The van der Waals surface area contributed by atoms with Crippen molar-refractivity contribution in [2.75, 3.05) is 0 Å². The molecule has 0 saturated carbocycles. The van der Waals surface area contributed by atoms with Gasteiger partial charge >= 0.3 is 5.97 Å². The maximum atomic E-state index is 11.5. The number of hydrogen-bond acceptors (Lipinski definition) is 1. The zero-order valence-corrected chi connectivity index (χ0v) is 5.68. The van der Waals surface area contributed by atoms with Crippen LogP contribution in [-0.2, 0) is 4.79 Å². The Morgan fingerprint density at radius 1 is 1.50 bits per heavy atom. The zero-order valence-electron chi connectivity index (χ0n) is 5.68. The molecule has 4 heteroatoms. The van der Waals surface area contributed by atoms with Gasteiger partial charge in [0.25, 0.3) is 0 Å². The van der Waals surface area contributed by atoms with Crippen molar-refractivity contribution in [1.82, 2.24) is 0 Å². The fourth-order valence-corrected chi connectivity index (χ4v) is 0.499. The molecular formula is C6H10F2O2. The summed E-state index contributed by atoms with van der Waals surface area (Å²) in [4.78, 5) is 10.1. The lowest BCUT2D eigenvalue weighted by molar-refractivity contribution is -0.141. The molecule has 0 saturated heterocycles. The molecule has 0 radical (unpaired) electrons. The molecule has 0 aliphatic heterocycles. The van der Waals surface area contributed by atoms with E-state index in [1.807, 2.05) is 0 Å². The Balaban J connectivity index is 3.40. The first-order chi connectivity index (χ1) is 4.54. The topological polar surface area (TPSA) is 37.3 Å². The van der Waals surface area contributed by atoms with Gasteiger partial charge in [-0.2, -0.15) is 0 Å². The number of carboxylic acids is 1. The molecule has 0 rings (SSSR count). The zero-order chi connectivity index (χ0) is 8.15. The fraction of sp³-hybridized carbons (Fsp3) is 0.833. The van der Waals surface area contributed by atoms with E-state index in [1.165, 1.54) is 6.92 Å². The van der Waals surface area contributed by atoms with Crippen LogP contribution in [0, 0.1) is 5.92 Å². The van der Waals surface area contributed by atoms with Crippen LogP contribution in [0.1, 0.15) is 19.8 Å². The van der Waals surface area contributed by atoms with Gasteiger partial charge in [-0.15, -0.1) is 0 Å². The molecule has 0 bridgehead atoms. The molecule has 1 unspecified atom stereocenters. The number of alkyl halides is 2. The van der Waals surface area contributed by atoms with E-state index in [9.17, 15) is 13.6 Å². The first-order valence-electron chi connectivity index (χ1n) is 3.05. The van der Waals surface area contributed by atoms with E-state index >= 15 is 0 Å². The summed E-state index contributed by atoms with van der Waals surface area (Å²) < 4.78 is 22.9. The van der Waals surface area contributed by atoms with Gasteiger partial charge in [0.15, 0.2) is 0 Å². The molecule has 1 N–H and O–H groups in total. The second kappa shape index (κ2) is 4.19. The minimum atomic E-state index is -2.39. The summed E-state index contributed by atoms with van der Waals surface area (Å²) in [5, 5.41) is 8.25. The molecule has 60 valence electrons. The third kappa shape index (κ3) is 4.23. The first-order valence-corrected chi connectivity index (χ1v) is 3.05. The van der Waals surface area contributed by atoms with E-state index in [0.717, 1.165) is 0 Å². The maximum absolute atomic E-state index is 11.5. The van der Waals surface area contributed by atoms with Crippen molar-refractivity contribution in [2.45, 2.75) is 26.2 Å². The molecule has 0 aliphatic rings. The number of hydrogen-bond donors (Lipinski definition) is 1. The van der Waals surface area contributed by atoms with E-state index in [4.69, 9.17) is 5.11 Å². The van der Waals surface area contributed by atoms with Crippen molar-refractivity contribution < 1.29 is 18.7 Å². The smallest absolute Gasteiger partial charge is 0.306 e. The summed E-state index contributed by atoms with van der Waals surface area (Å²) in [5.41, 5.74) is 0. The lowest BCUT2D eigenvalue weighted by Gasteiger charge is -2.03. The van der Waals surface area contributed by atoms with Crippen molar-refractivity contribution in [2.24, 2.45) is 5.92 Å². The summed E-state index contributed by atoms with van der Waals surface area (Å²) in [6.07, 6.45) is -2.66. The van der Waals surface area contributed by atoms with Crippen LogP contribution in [0.2, 0.25) is 0 Å². The highest BCUT2D eigenvalue weighted by Crippen LogP contribution is 2.10. The van der Waals surface area contributed by atoms with Gasteiger partial charge in [0.1, 0.15) is 0 Å². The van der Waals surface area contributed by atoms with Crippen LogP contribution in [0.3, 0.4) is 0 Å². The Kier molecular flexibility index (Phi) is 3.91. The van der Waals surface area contributed by atoms with Crippen molar-refractivity contribution >= 4 is 5.97 Å². The Bertz CT molecular complexity index is 114. The van der Waals surface area contributed by atoms with Gasteiger partial charge in [-0.3, -0.25) is 4.79 Å². The summed E-state index contributed by atoms with van der Waals surface area (Å²) in [5.74, 6) is -1.67. The third-order valence-corrected chi connectivity index (χ3v) is 1.24. The minimum absolute atomic E-state index is 0.0486. The molecule has 2 nitrogen and oxygen atoms in total. The quantitative estimate of drug-likeness (QED) is 0.666. The molecule has 0 spiro atoms. The van der Waals surface area contributed by atoms with E-state index in [1.54, 1.807) is 0 Å². The highest BCUT2D eigenvalue weighted by molar-refractivity contribution is 5.69. The van der Waals surface area contributed by atoms with Crippen LogP contribution in [0.25, 0.3) is 0 Å². The SMILES string of the molecule is CC(CCC(F)F)C(=O)O. The van der Waals surface area contributed by atoms with Crippen molar-refractivity contribution in [3.05, 3.63) is 0 Å². The number of carboxylic acid groups (broad SMARTS) is 1. The highest BCUT2D eigenvalue weighted by atomic mass is 19.3. The van der Waals surface area contributed by atoms with Crippen LogP contribution >= 0.6 is 0 Å². The summed E-state index contributed by atoms with van der Waals surface area (Å²) in [6, 6.07) is 0. The van der Waals surface area contributed by atoms with Crippen LogP contribution in [-0.4, -0.2) is 17.5 Å². The number of aliphatic carboxylic acids is 1. The summed E-state index contributed by atoms with van der Waals surface area (Å²) in [6.45, 7) is 1.42. The molecular weight excluding hydrogens is 142 g/mol. The van der Waals surface area contributed by atoms with Gasteiger partial charge in [-0.05, 0) is 6.42 Å². The number of carbonyl (C=O) groups is 1. The van der Waals surface area contributed by atoms with E-state index in [0.29, 0.717) is 0 Å². The van der Waals surface area contributed by atoms with E-state index in [-0.39, 0.29) is 12.8 Å². The van der Waals surface area contributed by atoms with Crippen LogP contribution in [0.5, 0.6) is 0 Å². The van der Waals surface area contributed by atoms with Crippen LogP contribution in [0.15, 0.2) is 0 Å². The number of rotatable bonds is 4. The molecule has 0 heterocycles. The van der Waals surface area contributed by atoms with Gasteiger partial charge < -0.3 is 5.11 Å². The highest BCUT2D eigenvalue weighted by Gasteiger charge is 2.13. The normalized spacial score (nSPS) is 13.6. The molecule has 10 heavy (non-hydrogen) atoms. The molecule has 0 aromatic carbocycles. The molecule has 0 fully saturated rings. The second-order valence-electron chi connectivity index (χ2n) is 2.21. The Morgan fingerprint density at radius 2 is 2.00 bits per heavy atom. The van der Waals surface area contributed by atoms with Crippen LogP contribution < -0.4 is 0 Å². The Hall–Kier alpha value is -0.670. The maximum Gasteiger partial charge on any atom is 0.306 e. The monoisotopic (exact) mass is 152 g/mol. The van der Waals surface area contributed by atoms with Gasteiger partial charge in [-0.25, -0.2) is 8.78 Å². The summed E-state index contributed by atoms with van der Waals surface area (Å²) >= 11 is 0. The standard InChI is InChI=1S/C6H10F2O2/c1-4(6(9)10)2-3-5(7)8/h4-5H,2-3H2,1H3,(H,9,10). The average molecular weight is 152 g/mol. The third-order valence-electron chi connectivity index (χ3n) is 1.24. The van der Waals surface area contributed by atoms with Crippen molar-refractivity contribution in [3.63, 3.8) is 0 Å². The fourth-order valence-electron chi connectivity index (χ4n) is 0.499. The van der Waals surface area contributed by atoms with Gasteiger partial charge in [0, 0.05) is 6.42 Å². The summed E-state index contributed by atoms with van der Waals surface area (Å²) in [7, 11) is 0. The van der Waals surface area contributed by atoms with Crippen molar-refractivity contribution in [1.29, 1.82) is 0 Å².